The van der Waals surface area contributed by atoms with Gasteiger partial charge in [-0.05, 0) is 77.2 Å². The molecule has 0 atom stereocenters. The van der Waals surface area contributed by atoms with Gasteiger partial charge in [-0.25, -0.2) is 0 Å². The molecule has 1 N–H and O–H groups in total. The molecule has 0 unspecified atom stereocenters. The predicted molar refractivity (Wildman–Crippen MR) is 89.7 cm³/mol. The lowest BCUT2D eigenvalue weighted by atomic mass is 9.91. The Kier molecular flexibility index (Phi) is 4.45. The van der Waals surface area contributed by atoms with Crippen molar-refractivity contribution in [2.75, 3.05) is 7.11 Å². The Balaban J connectivity index is 2.81. The van der Waals surface area contributed by atoms with Gasteiger partial charge in [-0.1, -0.05) is 15.9 Å². The molecule has 2 rings (SSSR count). The molecule has 0 fully saturated rings. The van der Waals surface area contributed by atoms with Gasteiger partial charge in [-0.15, -0.1) is 0 Å². The number of phenolic OH excluding ortho intramolecular Hbond substituents is 1. The number of hydrogen-bond acceptors (Lipinski definition) is 2. The van der Waals surface area contributed by atoms with Crippen LogP contribution in [-0.2, 0) is 0 Å². The largest absolute Gasteiger partial charge is 0.507 e. The normalized spacial score (nSPS) is 10.7. The van der Waals surface area contributed by atoms with Gasteiger partial charge in [0, 0.05) is 14.5 Å². The van der Waals surface area contributed by atoms with E-state index in [9.17, 15) is 5.11 Å². The maximum Gasteiger partial charge on any atom is 0.125 e. The van der Waals surface area contributed by atoms with Gasteiger partial charge in [0.25, 0.3) is 0 Å². The maximum absolute atomic E-state index is 10.3. The van der Waals surface area contributed by atoms with Crippen molar-refractivity contribution in [3.05, 3.63) is 43.8 Å². The van der Waals surface area contributed by atoms with Gasteiger partial charge < -0.3 is 9.84 Å². The average Bonchev–Trinajstić information content (AvgIpc) is 2.36. The summed E-state index contributed by atoms with van der Waals surface area (Å²) in [6.45, 7) is 6.10. The molecule has 2 aromatic carbocycles. The summed E-state index contributed by atoms with van der Waals surface area (Å²) in [5.41, 5.74) is 5.12. The fourth-order valence-electron chi connectivity index (χ4n) is 2.45. The highest BCUT2D eigenvalue weighted by Crippen LogP contribution is 2.43. The summed E-state index contributed by atoms with van der Waals surface area (Å²) in [5, 5.41) is 10.3. The van der Waals surface area contributed by atoms with E-state index >= 15 is 0 Å². The van der Waals surface area contributed by atoms with Gasteiger partial charge in [0.05, 0.1) is 7.11 Å². The molecule has 0 aliphatic heterocycles. The van der Waals surface area contributed by atoms with Crippen LogP contribution < -0.4 is 4.74 Å². The Bertz CT molecular complexity index is 656. The molecular weight excluding hydrogens is 384 g/mol. The third kappa shape index (κ3) is 2.59. The zero-order valence-electron chi connectivity index (χ0n) is 11.8. The molecule has 0 aliphatic carbocycles. The van der Waals surface area contributed by atoms with E-state index in [-0.39, 0.29) is 5.75 Å². The van der Waals surface area contributed by atoms with Crippen LogP contribution in [0.25, 0.3) is 11.1 Å². The second kappa shape index (κ2) is 5.78. The molecule has 0 heterocycles. The topological polar surface area (TPSA) is 29.5 Å². The van der Waals surface area contributed by atoms with Crippen LogP contribution in [0.2, 0.25) is 0 Å². The van der Waals surface area contributed by atoms with Crippen molar-refractivity contribution >= 4 is 31.9 Å². The molecule has 106 valence electrons. The van der Waals surface area contributed by atoms with Crippen molar-refractivity contribution in [2.45, 2.75) is 20.8 Å². The first-order valence-electron chi connectivity index (χ1n) is 6.20. The van der Waals surface area contributed by atoms with Crippen LogP contribution in [0.5, 0.6) is 11.5 Å². The summed E-state index contributed by atoms with van der Waals surface area (Å²) in [6.07, 6.45) is 0. The molecule has 0 saturated heterocycles. The van der Waals surface area contributed by atoms with Crippen LogP contribution in [-0.4, -0.2) is 12.2 Å². The van der Waals surface area contributed by atoms with Crippen LogP contribution >= 0.6 is 31.9 Å². The minimum Gasteiger partial charge on any atom is -0.507 e. The summed E-state index contributed by atoms with van der Waals surface area (Å²) < 4.78 is 7.10. The predicted octanol–water partition coefficient (Wildman–Crippen LogP) is 5.52. The lowest BCUT2D eigenvalue weighted by Gasteiger charge is -2.18. The van der Waals surface area contributed by atoms with Crippen molar-refractivity contribution in [1.82, 2.24) is 0 Å². The number of rotatable bonds is 2. The van der Waals surface area contributed by atoms with Crippen LogP contribution in [0.1, 0.15) is 16.7 Å². The quantitative estimate of drug-likeness (QED) is 0.720. The van der Waals surface area contributed by atoms with Crippen LogP contribution in [0.4, 0.5) is 0 Å². The van der Waals surface area contributed by atoms with Crippen LogP contribution in [0.15, 0.2) is 27.1 Å². The highest BCUT2D eigenvalue weighted by molar-refractivity contribution is 9.11. The summed E-state index contributed by atoms with van der Waals surface area (Å²) in [7, 11) is 1.67. The minimum absolute atomic E-state index is 0.252. The minimum atomic E-state index is 0.252. The molecule has 2 aromatic rings. The number of halogens is 2. The van der Waals surface area contributed by atoms with E-state index in [1.54, 1.807) is 13.2 Å². The fraction of sp³-hybridized carbons (Fsp3) is 0.250. The molecule has 2 nitrogen and oxygen atoms in total. The lowest BCUT2D eigenvalue weighted by Crippen LogP contribution is -1.97. The van der Waals surface area contributed by atoms with Gasteiger partial charge in [0.1, 0.15) is 11.5 Å². The molecule has 0 bridgehead atoms. The summed E-state index contributed by atoms with van der Waals surface area (Å²) >= 11 is 6.93. The Labute approximate surface area is 136 Å². The number of hydrogen-bond donors (Lipinski definition) is 1. The number of aryl methyl sites for hydroxylation is 1. The van der Waals surface area contributed by atoms with Crippen molar-refractivity contribution < 1.29 is 9.84 Å². The number of methoxy groups -OCH3 is 1. The van der Waals surface area contributed by atoms with E-state index < -0.39 is 0 Å². The molecule has 20 heavy (non-hydrogen) atoms. The second-order valence-electron chi connectivity index (χ2n) is 4.80. The third-order valence-electron chi connectivity index (χ3n) is 3.55. The Morgan fingerprint density at radius 3 is 2.15 bits per heavy atom. The van der Waals surface area contributed by atoms with Crippen molar-refractivity contribution in [1.29, 1.82) is 0 Å². The highest BCUT2D eigenvalue weighted by Gasteiger charge is 2.18. The SMILES string of the molecule is COc1cc(C)c(-c2c(O)cc(Br)cc2Br)c(C)c1C. The molecule has 0 aromatic heterocycles. The summed E-state index contributed by atoms with van der Waals surface area (Å²) in [6, 6.07) is 5.65. The number of benzene rings is 2. The first-order chi connectivity index (χ1) is 9.36. The van der Waals surface area contributed by atoms with Crippen LogP contribution in [0.3, 0.4) is 0 Å². The van der Waals surface area contributed by atoms with E-state index in [1.165, 1.54) is 0 Å². The average molecular weight is 400 g/mol. The van der Waals surface area contributed by atoms with Gasteiger partial charge in [0.2, 0.25) is 0 Å². The fourth-order valence-corrected chi connectivity index (χ4v) is 3.85. The Hall–Kier alpha value is -1.000. The summed E-state index contributed by atoms with van der Waals surface area (Å²) in [5.74, 6) is 1.12. The monoisotopic (exact) mass is 398 g/mol. The molecule has 0 spiro atoms. The van der Waals surface area contributed by atoms with E-state index in [0.717, 1.165) is 42.5 Å². The molecule has 0 amide bonds. The van der Waals surface area contributed by atoms with E-state index in [4.69, 9.17) is 4.74 Å². The first-order valence-corrected chi connectivity index (χ1v) is 7.78. The van der Waals surface area contributed by atoms with Crippen molar-refractivity contribution in [3.63, 3.8) is 0 Å². The maximum atomic E-state index is 10.3. The van der Waals surface area contributed by atoms with Crippen molar-refractivity contribution in [2.24, 2.45) is 0 Å². The van der Waals surface area contributed by atoms with Gasteiger partial charge >= 0.3 is 0 Å². The van der Waals surface area contributed by atoms with Gasteiger partial charge in [-0.2, -0.15) is 0 Å². The number of ether oxygens (including phenoxy) is 1. The van der Waals surface area contributed by atoms with Crippen LogP contribution in [0, 0.1) is 20.8 Å². The third-order valence-corrected chi connectivity index (χ3v) is 4.64. The van der Waals surface area contributed by atoms with E-state index in [0.29, 0.717) is 0 Å². The van der Waals surface area contributed by atoms with E-state index in [1.807, 2.05) is 32.9 Å². The van der Waals surface area contributed by atoms with E-state index in [2.05, 4.69) is 31.9 Å². The van der Waals surface area contributed by atoms with Gasteiger partial charge in [-0.3, -0.25) is 0 Å². The van der Waals surface area contributed by atoms with Gasteiger partial charge in [0.15, 0.2) is 0 Å². The highest BCUT2D eigenvalue weighted by atomic mass is 79.9. The molecule has 4 heteroatoms. The lowest BCUT2D eigenvalue weighted by molar-refractivity contribution is 0.411. The standard InChI is InChI=1S/C16H16Br2O2/c1-8-5-14(20-4)9(2)10(3)15(8)16-12(18)6-11(17)7-13(16)19/h5-7,19H,1-4H3. The molecule has 0 saturated carbocycles. The first kappa shape index (κ1) is 15.4. The Morgan fingerprint density at radius 1 is 0.950 bits per heavy atom. The molecule has 0 radical (unpaired) electrons. The van der Waals surface area contributed by atoms with Crippen molar-refractivity contribution in [3.8, 4) is 22.6 Å². The number of phenols is 1. The zero-order valence-corrected chi connectivity index (χ0v) is 15.0. The molecular formula is C16H16Br2O2. The number of aromatic hydroxyl groups is 1. The Morgan fingerprint density at radius 2 is 1.60 bits per heavy atom. The zero-order chi connectivity index (χ0) is 15.0. The summed E-state index contributed by atoms with van der Waals surface area (Å²) in [4.78, 5) is 0. The molecule has 0 aliphatic rings. The smallest absolute Gasteiger partial charge is 0.125 e. The second-order valence-corrected chi connectivity index (χ2v) is 6.57.